The van der Waals surface area contributed by atoms with Crippen molar-refractivity contribution in [3.63, 3.8) is 0 Å². The van der Waals surface area contributed by atoms with Crippen LogP contribution in [0.25, 0.3) is 0 Å². The van der Waals surface area contributed by atoms with E-state index in [1.807, 2.05) is 0 Å². The quantitative estimate of drug-likeness (QED) is 0.735. The summed E-state index contributed by atoms with van der Waals surface area (Å²) in [6.07, 6.45) is 10.8. The second-order valence-electron chi connectivity index (χ2n) is 10.6. The molecule has 4 aliphatic carbocycles. The van der Waals surface area contributed by atoms with Gasteiger partial charge < -0.3 is 5.11 Å². The molecule has 4 aliphatic rings. The van der Waals surface area contributed by atoms with Gasteiger partial charge in [-0.25, -0.2) is 0 Å². The smallest absolute Gasteiger partial charge is 0.132 e. The Hall–Kier alpha value is -0.370. The van der Waals surface area contributed by atoms with E-state index in [2.05, 4.69) is 20.8 Å². The summed E-state index contributed by atoms with van der Waals surface area (Å²) in [7, 11) is 0. The molecule has 1 N–H and O–H groups in total. The van der Waals surface area contributed by atoms with E-state index >= 15 is 0 Å². The van der Waals surface area contributed by atoms with Crippen LogP contribution in [-0.2, 0) is 4.79 Å². The van der Waals surface area contributed by atoms with Crippen molar-refractivity contribution in [3.8, 4) is 0 Å². The molecule has 4 saturated carbocycles. The van der Waals surface area contributed by atoms with E-state index in [0.717, 1.165) is 37.0 Å². The third kappa shape index (κ3) is 2.07. The fraction of sp³-hybridized carbons (Fsp3) is 0.955. The Kier molecular flexibility index (Phi) is 3.78. The minimum Gasteiger partial charge on any atom is -0.393 e. The highest BCUT2D eigenvalue weighted by Gasteiger charge is 2.63. The van der Waals surface area contributed by atoms with Crippen LogP contribution in [0, 0.1) is 39.9 Å². The molecule has 0 aromatic rings. The number of carbonyl (C=O) groups is 1. The average molecular weight is 333 g/mol. The van der Waals surface area contributed by atoms with Gasteiger partial charge in [0, 0.05) is 5.92 Å². The van der Waals surface area contributed by atoms with E-state index in [1.54, 1.807) is 6.92 Å². The first-order chi connectivity index (χ1) is 11.2. The van der Waals surface area contributed by atoms with Crippen LogP contribution in [-0.4, -0.2) is 17.0 Å². The van der Waals surface area contributed by atoms with Crippen molar-refractivity contribution in [2.45, 2.75) is 91.6 Å². The summed E-state index contributed by atoms with van der Waals surface area (Å²) in [6, 6.07) is 0. The van der Waals surface area contributed by atoms with Crippen molar-refractivity contribution >= 4 is 5.78 Å². The van der Waals surface area contributed by atoms with Crippen LogP contribution < -0.4 is 0 Å². The summed E-state index contributed by atoms with van der Waals surface area (Å²) in [6.45, 7) is 9.23. The lowest BCUT2D eigenvalue weighted by Crippen LogP contribution is -2.58. The van der Waals surface area contributed by atoms with Gasteiger partial charge in [-0.2, -0.15) is 0 Å². The maximum absolute atomic E-state index is 12.0. The largest absolute Gasteiger partial charge is 0.393 e. The SMILES string of the molecule is CC(=O)[C@@H]1CC[C@]2(C)[C@@H]3CC[C@]4(C)[C@H](O)CC[C@H]4[C@@H]3CC[C@@]2(C)C1. The Morgan fingerprint density at radius 2 is 1.67 bits per heavy atom. The zero-order valence-electron chi connectivity index (χ0n) is 16.1. The van der Waals surface area contributed by atoms with E-state index in [0.29, 0.717) is 22.5 Å². The fourth-order valence-electron chi connectivity index (χ4n) is 7.96. The molecule has 0 heterocycles. The number of fused-ring (bicyclic) bond motifs is 5. The number of aliphatic hydroxyl groups excluding tert-OH is 1. The number of aliphatic hydroxyl groups is 1. The molecule has 2 nitrogen and oxygen atoms in total. The van der Waals surface area contributed by atoms with Gasteiger partial charge in [0.1, 0.15) is 5.78 Å². The van der Waals surface area contributed by atoms with E-state index in [4.69, 9.17) is 0 Å². The zero-order chi connectivity index (χ0) is 17.3. The lowest BCUT2D eigenvalue weighted by Gasteiger charge is -2.65. The Morgan fingerprint density at radius 3 is 2.38 bits per heavy atom. The standard InChI is InChI=1S/C22H36O2/c1-14(23)15-7-12-22(4)18-9-11-21(3)17(5-6-19(21)24)16(18)8-10-20(22,2)13-15/h15-19,24H,5-13H2,1-4H3/t15-,16+,17+,18-,19-,20+,21+,22-/m1/s1. The molecule has 0 amide bonds. The number of hydrogen-bond donors (Lipinski definition) is 1. The van der Waals surface area contributed by atoms with Gasteiger partial charge in [0.15, 0.2) is 0 Å². The van der Waals surface area contributed by atoms with E-state index < -0.39 is 0 Å². The van der Waals surface area contributed by atoms with Gasteiger partial charge in [-0.05, 0) is 98.7 Å². The maximum Gasteiger partial charge on any atom is 0.132 e. The van der Waals surface area contributed by atoms with Crippen LogP contribution in [0.1, 0.15) is 85.5 Å². The van der Waals surface area contributed by atoms with Crippen molar-refractivity contribution in [1.82, 2.24) is 0 Å². The normalized spacial score (nSPS) is 57.0. The second-order valence-corrected chi connectivity index (χ2v) is 10.6. The van der Waals surface area contributed by atoms with Gasteiger partial charge in [-0.1, -0.05) is 20.8 Å². The summed E-state index contributed by atoms with van der Waals surface area (Å²) >= 11 is 0. The minimum absolute atomic E-state index is 0.0713. The number of rotatable bonds is 1. The minimum atomic E-state index is -0.0713. The molecule has 4 fully saturated rings. The monoisotopic (exact) mass is 332 g/mol. The molecule has 0 aliphatic heterocycles. The molecule has 0 aromatic heterocycles. The Bertz CT molecular complexity index is 542. The average Bonchev–Trinajstić information content (AvgIpc) is 2.83. The zero-order valence-corrected chi connectivity index (χ0v) is 16.1. The second kappa shape index (κ2) is 5.32. The highest BCUT2D eigenvalue weighted by atomic mass is 16.3. The Balaban J connectivity index is 1.64. The molecule has 4 rings (SSSR count). The molecule has 24 heavy (non-hydrogen) atoms. The van der Waals surface area contributed by atoms with Crippen LogP contribution in [0.15, 0.2) is 0 Å². The van der Waals surface area contributed by atoms with Crippen molar-refractivity contribution < 1.29 is 9.90 Å². The molecule has 136 valence electrons. The van der Waals surface area contributed by atoms with E-state index in [1.165, 1.54) is 38.5 Å². The first-order valence-electron chi connectivity index (χ1n) is 10.4. The van der Waals surface area contributed by atoms with Crippen molar-refractivity contribution in [1.29, 1.82) is 0 Å². The fourth-order valence-corrected chi connectivity index (χ4v) is 7.96. The van der Waals surface area contributed by atoms with Crippen LogP contribution in [0.5, 0.6) is 0 Å². The predicted molar refractivity (Wildman–Crippen MR) is 96.5 cm³/mol. The lowest BCUT2D eigenvalue weighted by molar-refractivity contribution is -0.168. The molecule has 0 unspecified atom stereocenters. The number of hydrogen-bond acceptors (Lipinski definition) is 2. The number of carbonyl (C=O) groups excluding carboxylic acids is 1. The summed E-state index contributed by atoms with van der Waals surface area (Å²) < 4.78 is 0. The molecule has 0 radical (unpaired) electrons. The Morgan fingerprint density at radius 1 is 0.917 bits per heavy atom. The molecular formula is C22H36O2. The highest BCUT2D eigenvalue weighted by molar-refractivity contribution is 5.78. The molecule has 0 aromatic carbocycles. The van der Waals surface area contributed by atoms with Crippen molar-refractivity contribution in [2.24, 2.45) is 39.9 Å². The van der Waals surface area contributed by atoms with Gasteiger partial charge >= 0.3 is 0 Å². The molecule has 0 bridgehead atoms. The topological polar surface area (TPSA) is 37.3 Å². The first-order valence-corrected chi connectivity index (χ1v) is 10.4. The maximum atomic E-state index is 12.0. The highest BCUT2D eigenvalue weighted by Crippen LogP contribution is 2.70. The first kappa shape index (κ1) is 17.1. The molecular weight excluding hydrogens is 296 g/mol. The molecule has 2 heteroatoms. The molecule has 0 saturated heterocycles. The van der Waals surface area contributed by atoms with Crippen LogP contribution in [0.3, 0.4) is 0 Å². The lowest BCUT2D eigenvalue weighted by atomic mass is 9.40. The summed E-state index contributed by atoms with van der Waals surface area (Å²) in [4.78, 5) is 12.0. The van der Waals surface area contributed by atoms with Crippen molar-refractivity contribution in [2.75, 3.05) is 0 Å². The molecule has 0 spiro atoms. The van der Waals surface area contributed by atoms with Gasteiger partial charge in [0.25, 0.3) is 0 Å². The van der Waals surface area contributed by atoms with E-state index in [9.17, 15) is 9.90 Å². The number of ketones is 1. The Labute approximate surface area is 147 Å². The van der Waals surface area contributed by atoms with Gasteiger partial charge in [-0.15, -0.1) is 0 Å². The third-order valence-electron chi connectivity index (χ3n) is 9.90. The van der Waals surface area contributed by atoms with Crippen LogP contribution >= 0.6 is 0 Å². The summed E-state index contributed by atoms with van der Waals surface area (Å²) in [5, 5.41) is 10.6. The summed E-state index contributed by atoms with van der Waals surface area (Å²) in [5.74, 6) is 3.08. The van der Waals surface area contributed by atoms with Gasteiger partial charge in [-0.3, -0.25) is 4.79 Å². The third-order valence-corrected chi connectivity index (χ3v) is 9.90. The van der Waals surface area contributed by atoms with E-state index in [-0.39, 0.29) is 11.5 Å². The predicted octanol–water partition coefficient (Wildman–Crippen LogP) is 4.99. The van der Waals surface area contributed by atoms with Gasteiger partial charge in [0.05, 0.1) is 6.10 Å². The van der Waals surface area contributed by atoms with Gasteiger partial charge in [0.2, 0.25) is 0 Å². The molecule has 8 atom stereocenters. The van der Waals surface area contributed by atoms with Crippen LogP contribution in [0.4, 0.5) is 0 Å². The van der Waals surface area contributed by atoms with Crippen molar-refractivity contribution in [3.05, 3.63) is 0 Å². The number of Topliss-reactive ketones (excluding diaryl/α,β-unsaturated/α-hetero) is 1. The van der Waals surface area contributed by atoms with Crippen LogP contribution in [0.2, 0.25) is 0 Å². The summed E-state index contributed by atoms with van der Waals surface area (Å²) in [5.41, 5.74) is 0.923.